The van der Waals surface area contributed by atoms with Crippen LogP contribution in [0.3, 0.4) is 0 Å². The average Bonchev–Trinajstić information content (AvgIpc) is 2.21. The Bertz CT molecular complexity index is 272. The van der Waals surface area contributed by atoms with Crippen molar-refractivity contribution in [2.24, 2.45) is 4.99 Å². The molecule has 0 bridgehead atoms. The Hall–Kier alpha value is -1.04. The van der Waals surface area contributed by atoms with Crippen LogP contribution in [-0.4, -0.2) is 31.2 Å². The monoisotopic (exact) mass is 238 g/mol. The molecule has 0 aromatic heterocycles. The summed E-state index contributed by atoms with van der Waals surface area (Å²) in [5.74, 6) is -1.04. The number of amidine groups is 1. The molecule has 0 aliphatic carbocycles. The minimum Gasteiger partial charge on any atom is -0.276 e. The summed E-state index contributed by atoms with van der Waals surface area (Å²) < 4.78 is 37.8. The number of halogens is 3. The number of allylic oxidation sites excluding steroid dienone is 2. The summed E-state index contributed by atoms with van der Waals surface area (Å²) in [6, 6.07) is 0. The molecule has 0 atom stereocenters. The van der Waals surface area contributed by atoms with Crippen LogP contribution in [0.25, 0.3) is 0 Å². The van der Waals surface area contributed by atoms with Gasteiger partial charge in [0.05, 0.1) is 7.11 Å². The molecule has 0 amide bonds. The van der Waals surface area contributed by atoms with Crippen LogP contribution in [0.2, 0.25) is 0 Å². The Morgan fingerprint density at radius 3 is 2.25 bits per heavy atom. The molecule has 0 aliphatic heterocycles. The number of aliphatic imine (C=N–C) groups is 1. The second kappa shape index (κ2) is 6.52. The molecule has 6 heteroatoms. The topological polar surface area (TPSA) is 24.8 Å². The molecule has 0 fully saturated rings. The van der Waals surface area contributed by atoms with E-state index in [1.165, 1.54) is 7.05 Å². The zero-order valence-electron chi connectivity index (χ0n) is 9.93. The number of hydrogen-bond acceptors (Lipinski definition) is 2. The minimum absolute atomic E-state index is 0.402. The van der Waals surface area contributed by atoms with E-state index in [-0.39, 0.29) is 0 Å². The van der Waals surface area contributed by atoms with E-state index in [9.17, 15) is 13.2 Å². The first kappa shape index (κ1) is 15.0. The van der Waals surface area contributed by atoms with Gasteiger partial charge in [0.1, 0.15) is 0 Å². The van der Waals surface area contributed by atoms with Crippen molar-refractivity contribution in [2.75, 3.05) is 14.2 Å². The summed E-state index contributed by atoms with van der Waals surface area (Å²) in [4.78, 5) is 8.10. The van der Waals surface area contributed by atoms with Gasteiger partial charge in [-0.05, 0) is 12.8 Å². The molecule has 0 N–H and O–H groups in total. The van der Waals surface area contributed by atoms with Gasteiger partial charge in [0, 0.05) is 12.7 Å². The maximum absolute atomic E-state index is 12.6. The summed E-state index contributed by atoms with van der Waals surface area (Å²) in [5, 5.41) is 0.610. The van der Waals surface area contributed by atoms with E-state index in [1.807, 2.05) is 6.92 Å². The van der Waals surface area contributed by atoms with Crippen molar-refractivity contribution in [2.45, 2.75) is 32.9 Å². The van der Waals surface area contributed by atoms with Gasteiger partial charge in [-0.1, -0.05) is 19.9 Å². The molecule has 0 saturated carbocycles. The van der Waals surface area contributed by atoms with E-state index in [1.54, 1.807) is 13.0 Å². The van der Waals surface area contributed by atoms with Gasteiger partial charge in [-0.15, -0.1) is 0 Å². The molecule has 0 saturated heterocycles. The molecule has 0 radical (unpaired) electrons. The zero-order valence-corrected chi connectivity index (χ0v) is 9.93. The Balaban J connectivity index is 5.17. The van der Waals surface area contributed by atoms with Gasteiger partial charge in [0.25, 0.3) is 0 Å². The maximum Gasteiger partial charge on any atom is 0.451 e. The largest absolute Gasteiger partial charge is 0.451 e. The van der Waals surface area contributed by atoms with Crippen molar-refractivity contribution in [1.29, 1.82) is 0 Å². The van der Waals surface area contributed by atoms with Gasteiger partial charge in [-0.2, -0.15) is 13.2 Å². The lowest BCUT2D eigenvalue weighted by molar-refractivity contribution is -0.113. The van der Waals surface area contributed by atoms with Crippen LogP contribution in [0.5, 0.6) is 0 Å². The van der Waals surface area contributed by atoms with Crippen LogP contribution in [0, 0.1) is 0 Å². The van der Waals surface area contributed by atoms with Gasteiger partial charge >= 0.3 is 6.18 Å². The fourth-order valence-electron chi connectivity index (χ4n) is 1.04. The molecule has 0 heterocycles. The lowest BCUT2D eigenvalue weighted by atomic mass is 10.3. The van der Waals surface area contributed by atoms with Crippen LogP contribution in [0.1, 0.15) is 26.7 Å². The van der Waals surface area contributed by atoms with E-state index in [2.05, 4.69) is 9.83 Å². The number of hydroxylamine groups is 2. The first-order valence-corrected chi connectivity index (χ1v) is 4.99. The van der Waals surface area contributed by atoms with Crippen molar-refractivity contribution in [3.63, 3.8) is 0 Å². The fourth-order valence-corrected chi connectivity index (χ4v) is 1.04. The highest BCUT2D eigenvalue weighted by Crippen LogP contribution is 2.21. The molecular formula is C10H17F3N2O. The molecule has 16 heavy (non-hydrogen) atoms. The van der Waals surface area contributed by atoms with Gasteiger partial charge < -0.3 is 0 Å². The molecule has 0 unspecified atom stereocenters. The normalized spacial score (nSPS) is 14.2. The number of hydrogen-bond donors (Lipinski definition) is 0. The van der Waals surface area contributed by atoms with Crippen molar-refractivity contribution < 1.29 is 18.0 Å². The van der Waals surface area contributed by atoms with Crippen LogP contribution < -0.4 is 0 Å². The zero-order chi connectivity index (χ0) is 12.8. The minimum atomic E-state index is -4.52. The van der Waals surface area contributed by atoms with Crippen molar-refractivity contribution in [3.05, 3.63) is 11.8 Å². The van der Waals surface area contributed by atoms with Crippen LogP contribution in [0.4, 0.5) is 13.2 Å². The van der Waals surface area contributed by atoms with E-state index >= 15 is 0 Å². The summed E-state index contributed by atoms with van der Waals surface area (Å²) in [5.41, 5.74) is 0.402. The standard InChI is InChI=1S/C10H17F3N2O/c1-5-7-8(6-2)14-9(10(11,12)13)15(3)16-4/h7H,5-6H2,1-4H3/b8-7+,14-9?. The van der Waals surface area contributed by atoms with Crippen LogP contribution >= 0.6 is 0 Å². The Kier molecular flexibility index (Phi) is 6.10. The molecule has 0 aromatic rings. The lowest BCUT2D eigenvalue weighted by Gasteiger charge is -2.20. The average molecular weight is 238 g/mol. The van der Waals surface area contributed by atoms with Crippen LogP contribution in [-0.2, 0) is 4.84 Å². The third-order valence-electron chi connectivity index (χ3n) is 1.88. The highest BCUT2D eigenvalue weighted by molar-refractivity contribution is 5.87. The third kappa shape index (κ3) is 4.65. The maximum atomic E-state index is 12.6. The van der Waals surface area contributed by atoms with E-state index < -0.39 is 12.0 Å². The quantitative estimate of drug-likeness (QED) is 0.427. The van der Waals surface area contributed by atoms with E-state index in [0.29, 0.717) is 23.6 Å². The molecule has 0 aliphatic rings. The molecular weight excluding hydrogens is 221 g/mol. The smallest absolute Gasteiger partial charge is 0.276 e. The first-order valence-electron chi connectivity index (χ1n) is 4.99. The molecule has 94 valence electrons. The van der Waals surface area contributed by atoms with Gasteiger partial charge in [-0.3, -0.25) is 4.84 Å². The predicted molar refractivity (Wildman–Crippen MR) is 56.9 cm³/mol. The molecule has 3 nitrogen and oxygen atoms in total. The van der Waals surface area contributed by atoms with E-state index in [4.69, 9.17) is 0 Å². The van der Waals surface area contributed by atoms with Gasteiger partial charge in [0.15, 0.2) is 0 Å². The Morgan fingerprint density at radius 2 is 1.94 bits per heavy atom. The summed E-state index contributed by atoms with van der Waals surface area (Å²) in [6.45, 7) is 3.60. The van der Waals surface area contributed by atoms with Crippen LogP contribution in [0.15, 0.2) is 16.8 Å². The first-order chi connectivity index (χ1) is 7.36. The SMILES string of the molecule is CC/C=C(\CC)N=C(N(C)OC)C(F)(F)F. The summed E-state index contributed by atoms with van der Waals surface area (Å²) >= 11 is 0. The Labute approximate surface area is 93.6 Å². The highest BCUT2D eigenvalue weighted by atomic mass is 19.4. The highest BCUT2D eigenvalue weighted by Gasteiger charge is 2.39. The second-order valence-corrected chi connectivity index (χ2v) is 3.07. The van der Waals surface area contributed by atoms with Crippen molar-refractivity contribution in [3.8, 4) is 0 Å². The molecule has 0 spiro atoms. The molecule has 0 aromatic carbocycles. The van der Waals surface area contributed by atoms with Gasteiger partial charge in [-0.25, -0.2) is 10.1 Å². The second-order valence-electron chi connectivity index (χ2n) is 3.07. The van der Waals surface area contributed by atoms with E-state index in [0.717, 1.165) is 7.11 Å². The van der Waals surface area contributed by atoms with Crippen molar-refractivity contribution >= 4 is 5.84 Å². The summed E-state index contributed by atoms with van der Waals surface area (Å²) in [6.07, 6.45) is -1.76. The van der Waals surface area contributed by atoms with Crippen molar-refractivity contribution in [1.82, 2.24) is 5.06 Å². The lowest BCUT2D eigenvalue weighted by Crippen LogP contribution is -2.38. The third-order valence-corrected chi connectivity index (χ3v) is 1.88. The molecule has 0 rings (SSSR count). The number of alkyl halides is 3. The number of rotatable bonds is 4. The fraction of sp³-hybridized carbons (Fsp3) is 0.700. The number of nitrogens with zero attached hydrogens (tertiary/aromatic N) is 2. The summed E-state index contributed by atoms with van der Waals surface area (Å²) in [7, 11) is 2.34. The predicted octanol–water partition coefficient (Wildman–Crippen LogP) is 3.14. The van der Waals surface area contributed by atoms with Gasteiger partial charge in [0.2, 0.25) is 5.84 Å². The Morgan fingerprint density at radius 1 is 1.38 bits per heavy atom.